The summed E-state index contributed by atoms with van der Waals surface area (Å²) in [5, 5.41) is 0. The number of ether oxygens (including phenoxy) is 2. The van der Waals surface area contributed by atoms with Crippen LogP contribution < -0.4 is 9.47 Å². The van der Waals surface area contributed by atoms with Crippen LogP contribution in [-0.2, 0) is 9.05 Å². The number of hydrogen-bond acceptors (Lipinski definition) is 4. The van der Waals surface area contributed by atoms with Gasteiger partial charge in [0.15, 0.2) is 11.5 Å². The average Bonchev–Trinajstić information content (AvgIpc) is 2.15. The Labute approximate surface area is 92.2 Å². The fraction of sp³-hybridized carbons (Fsp3) is 0.333. The largest absolute Gasteiger partial charge is 0.486 e. The Bertz CT molecular complexity index is 457. The van der Waals surface area contributed by atoms with E-state index in [2.05, 4.69) is 0 Å². The molecule has 0 bridgehead atoms. The first-order valence-corrected chi connectivity index (χ1v) is 6.83. The van der Waals surface area contributed by atoms with Crippen molar-refractivity contribution >= 4 is 19.7 Å². The zero-order valence-corrected chi connectivity index (χ0v) is 9.29. The second-order valence-corrected chi connectivity index (χ2v) is 6.02. The number of rotatable bonds is 2. The highest BCUT2D eigenvalue weighted by Crippen LogP contribution is 2.31. The number of halogens is 1. The molecule has 1 heterocycles. The molecule has 6 heteroatoms. The lowest BCUT2D eigenvalue weighted by Gasteiger charge is -2.25. The van der Waals surface area contributed by atoms with Gasteiger partial charge in [-0.15, -0.1) is 0 Å². The van der Waals surface area contributed by atoms with Gasteiger partial charge in [-0.2, -0.15) is 0 Å². The first kappa shape index (κ1) is 10.6. The number of fused-ring (bicyclic) bond motifs is 1. The first-order valence-electron chi connectivity index (χ1n) is 4.35. The van der Waals surface area contributed by atoms with Gasteiger partial charge in [-0.1, -0.05) is 12.1 Å². The quantitative estimate of drug-likeness (QED) is 0.743. The lowest BCUT2D eigenvalue weighted by Crippen LogP contribution is -2.34. The van der Waals surface area contributed by atoms with Crippen LogP contribution >= 0.6 is 10.7 Å². The lowest BCUT2D eigenvalue weighted by atomic mass is 10.3. The van der Waals surface area contributed by atoms with E-state index in [9.17, 15) is 8.42 Å². The van der Waals surface area contributed by atoms with Crippen molar-refractivity contribution in [2.75, 3.05) is 12.4 Å². The molecule has 1 aromatic carbocycles. The molecule has 2 rings (SSSR count). The van der Waals surface area contributed by atoms with Crippen LogP contribution in [0, 0.1) is 0 Å². The minimum absolute atomic E-state index is 0.197. The Hall–Kier alpha value is -0.940. The van der Waals surface area contributed by atoms with Crippen molar-refractivity contribution in [2.45, 2.75) is 6.10 Å². The molecule has 0 aliphatic carbocycles. The molecule has 0 saturated carbocycles. The van der Waals surface area contributed by atoms with Crippen molar-refractivity contribution in [1.29, 1.82) is 0 Å². The van der Waals surface area contributed by atoms with Gasteiger partial charge in [0.1, 0.15) is 18.5 Å². The van der Waals surface area contributed by atoms with Crippen LogP contribution in [0.3, 0.4) is 0 Å². The highest BCUT2D eigenvalue weighted by Gasteiger charge is 2.24. The van der Waals surface area contributed by atoms with Crippen LogP contribution in [0.2, 0.25) is 0 Å². The summed E-state index contributed by atoms with van der Waals surface area (Å²) in [5.41, 5.74) is 0. The van der Waals surface area contributed by atoms with Crippen molar-refractivity contribution in [3.8, 4) is 11.5 Å². The Morgan fingerprint density at radius 3 is 2.67 bits per heavy atom. The summed E-state index contributed by atoms with van der Waals surface area (Å²) in [4.78, 5) is 0. The van der Waals surface area contributed by atoms with Crippen LogP contribution in [0.4, 0.5) is 0 Å². The molecule has 0 amide bonds. The smallest absolute Gasteiger partial charge is 0.236 e. The topological polar surface area (TPSA) is 52.6 Å². The predicted octanol–water partition coefficient (Wildman–Crippen LogP) is 1.40. The highest BCUT2D eigenvalue weighted by atomic mass is 35.7. The number of hydrogen-bond donors (Lipinski definition) is 0. The van der Waals surface area contributed by atoms with E-state index in [1.165, 1.54) is 0 Å². The molecule has 1 atom stereocenters. The Morgan fingerprint density at radius 1 is 1.33 bits per heavy atom. The molecule has 1 aromatic rings. The maximum atomic E-state index is 10.8. The summed E-state index contributed by atoms with van der Waals surface area (Å²) < 4.78 is 32.4. The lowest BCUT2D eigenvalue weighted by molar-refractivity contribution is 0.106. The van der Waals surface area contributed by atoms with E-state index in [0.717, 1.165) is 0 Å². The SMILES string of the molecule is O=S(=O)(Cl)CC1COc2ccccc2O1. The molecule has 4 nitrogen and oxygen atoms in total. The fourth-order valence-corrected chi connectivity index (χ4v) is 2.40. The van der Waals surface area contributed by atoms with Gasteiger partial charge in [-0.25, -0.2) is 8.42 Å². The minimum atomic E-state index is -3.56. The molecule has 0 N–H and O–H groups in total. The normalized spacial score (nSPS) is 19.9. The summed E-state index contributed by atoms with van der Waals surface area (Å²) in [5.74, 6) is 0.929. The molecule has 15 heavy (non-hydrogen) atoms. The van der Waals surface area contributed by atoms with Crippen molar-refractivity contribution in [3.05, 3.63) is 24.3 Å². The molecule has 0 saturated heterocycles. The summed E-state index contributed by atoms with van der Waals surface area (Å²) in [6.45, 7) is 0.197. The van der Waals surface area contributed by atoms with Gasteiger partial charge >= 0.3 is 0 Å². The van der Waals surface area contributed by atoms with Gasteiger partial charge in [0.25, 0.3) is 0 Å². The third kappa shape index (κ3) is 2.76. The van der Waals surface area contributed by atoms with Gasteiger partial charge in [-0.3, -0.25) is 0 Å². The second kappa shape index (κ2) is 3.90. The van der Waals surface area contributed by atoms with Crippen molar-refractivity contribution in [1.82, 2.24) is 0 Å². The average molecular weight is 249 g/mol. The molecule has 1 aliphatic rings. The second-order valence-electron chi connectivity index (χ2n) is 3.20. The third-order valence-corrected chi connectivity index (χ3v) is 3.10. The predicted molar refractivity (Wildman–Crippen MR) is 56.0 cm³/mol. The highest BCUT2D eigenvalue weighted by molar-refractivity contribution is 8.13. The Morgan fingerprint density at radius 2 is 2.00 bits per heavy atom. The summed E-state index contributed by atoms with van der Waals surface area (Å²) in [6, 6.07) is 7.10. The van der Waals surface area contributed by atoms with Crippen LogP contribution in [0.15, 0.2) is 24.3 Å². The molecule has 1 unspecified atom stereocenters. The van der Waals surface area contributed by atoms with Crippen molar-refractivity contribution < 1.29 is 17.9 Å². The standard InChI is InChI=1S/C9H9ClO4S/c10-15(11,12)6-7-5-13-8-3-1-2-4-9(8)14-7/h1-4,7H,5-6H2. The first-order chi connectivity index (χ1) is 7.04. The maximum Gasteiger partial charge on any atom is 0.236 e. The van der Waals surface area contributed by atoms with E-state index in [1.807, 2.05) is 6.07 Å². The van der Waals surface area contributed by atoms with Gasteiger partial charge in [-0.05, 0) is 12.1 Å². The maximum absolute atomic E-state index is 10.8. The van der Waals surface area contributed by atoms with Crippen LogP contribution in [0.5, 0.6) is 11.5 Å². The monoisotopic (exact) mass is 248 g/mol. The van der Waals surface area contributed by atoms with Crippen LogP contribution in [-0.4, -0.2) is 26.9 Å². The molecule has 1 aliphatic heterocycles. The fourth-order valence-electron chi connectivity index (χ4n) is 1.37. The molecular weight excluding hydrogens is 240 g/mol. The van der Waals surface area contributed by atoms with Crippen LogP contribution in [0.25, 0.3) is 0 Å². The molecule has 82 valence electrons. The summed E-state index contributed by atoms with van der Waals surface area (Å²) in [7, 11) is 1.57. The molecule has 0 aromatic heterocycles. The summed E-state index contributed by atoms with van der Waals surface area (Å²) in [6.07, 6.45) is -0.539. The van der Waals surface area contributed by atoms with E-state index < -0.39 is 15.2 Å². The summed E-state index contributed by atoms with van der Waals surface area (Å²) >= 11 is 0. The molecule has 0 radical (unpaired) electrons. The van der Waals surface area contributed by atoms with E-state index in [0.29, 0.717) is 11.5 Å². The van der Waals surface area contributed by atoms with Gasteiger partial charge in [0.05, 0.1) is 0 Å². The zero-order chi connectivity index (χ0) is 10.9. The Balaban J connectivity index is 2.12. The van der Waals surface area contributed by atoms with E-state index in [-0.39, 0.29) is 12.4 Å². The van der Waals surface area contributed by atoms with E-state index in [4.69, 9.17) is 20.2 Å². The van der Waals surface area contributed by atoms with Crippen LogP contribution in [0.1, 0.15) is 0 Å². The third-order valence-electron chi connectivity index (χ3n) is 1.95. The van der Waals surface area contributed by atoms with E-state index >= 15 is 0 Å². The van der Waals surface area contributed by atoms with Crippen molar-refractivity contribution in [2.24, 2.45) is 0 Å². The minimum Gasteiger partial charge on any atom is -0.486 e. The van der Waals surface area contributed by atoms with Gasteiger partial charge in [0.2, 0.25) is 9.05 Å². The van der Waals surface area contributed by atoms with E-state index in [1.54, 1.807) is 18.2 Å². The number of para-hydroxylation sites is 2. The van der Waals surface area contributed by atoms with Gasteiger partial charge in [0, 0.05) is 10.7 Å². The molecule has 0 spiro atoms. The van der Waals surface area contributed by atoms with Gasteiger partial charge < -0.3 is 9.47 Å². The number of benzene rings is 1. The zero-order valence-electron chi connectivity index (χ0n) is 7.72. The van der Waals surface area contributed by atoms with Crippen molar-refractivity contribution in [3.63, 3.8) is 0 Å². The Kier molecular flexibility index (Phi) is 2.75. The molecule has 0 fully saturated rings. The molecular formula is C9H9ClO4S.